The molecule has 1 saturated heterocycles. The van der Waals surface area contributed by atoms with Gasteiger partial charge < -0.3 is 4.74 Å². The Morgan fingerprint density at radius 2 is 2.05 bits per heavy atom. The summed E-state index contributed by atoms with van der Waals surface area (Å²) in [6.45, 7) is 0.854. The molecule has 1 aliphatic rings. The number of imidazole rings is 1. The van der Waals surface area contributed by atoms with Gasteiger partial charge >= 0.3 is 0 Å². The number of fused-ring (bicyclic) bond motifs is 1. The van der Waals surface area contributed by atoms with Crippen LogP contribution in [-0.2, 0) is 11.2 Å². The molecule has 3 aromatic rings. The lowest BCUT2D eigenvalue weighted by Crippen LogP contribution is -2.23. The number of aromatic nitrogens is 4. The highest BCUT2D eigenvalue weighted by atomic mass is 16.5. The van der Waals surface area contributed by atoms with Gasteiger partial charge in [-0.3, -0.25) is 4.57 Å². The Morgan fingerprint density at radius 3 is 2.86 bits per heavy atom. The second-order valence-corrected chi connectivity index (χ2v) is 5.59. The third kappa shape index (κ3) is 2.48. The highest BCUT2D eigenvalue weighted by Gasteiger charge is 2.20. The monoisotopic (exact) mass is 294 g/mol. The van der Waals surface area contributed by atoms with E-state index < -0.39 is 0 Å². The summed E-state index contributed by atoms with van der Waals surface area (Å²) >= 11 is 0. The molecule has 1 unspecified atom stereocenters. The Hall–Kier alpha value is -2.27. The lowest BCUT2D eigenvalue weighted by Gasteiger charge is -2.22. The average Bonchev–Trinajstić information content (AvgIpc) is 2.94. The topological polar surface area (TPSA) is 52.8 Å². The van der Waals surface area contributed by atoms with Crippen LogP contribution >= 0.6 is 0 Å². The number of ether oxygens (including phenoxy) is 1. The van der Waals surface area contributed by atoms with E-state index in [0.29, 0.717) is 0 Å². The van der Waals surface area contributed by atoms with Crippen LogP contribution in [0.3, 0.4) is 0 Å². The van der Waals surface area contributed by atoms with Crippen molar-refractivity contribution >= 4 is 11.2 Å². The summed E-state index contributed by atoms with van der Waals surface area (Å²) < 4.78 is 7.92. The van der Waals surface area contributed by atoms with Crippen LogP contribution in [0, 0.1) is 0 Å². The highest BCUT2D eigenvalue weighted by Crippen LogP contribution is 2.22. The van der Waals surface area contributed by atoms with Crippen molar-refractivity contribution in [2.24, 2.45) is 0 Å². The molecule has 0 spiro atoms. The van der Waals surface area contributed by atoms with Crippen LogP contribution in [0.15, 0.2) is 42.7 Å². The van der Waals surface area contributed by atoms with Gasteiger partial charge in [-0.1, -0.05) is 6.07 Å². The predicted octanol–water partition coefficient (Wildman–Crippen LogP) is 2.93. The zero-order valence-electron chi connectivity index (χ0n) is 12.4. The average molecular weight is 294 g/mol. The first-order chi connectivity index (χ1) is 10.9. The molecule has 5 nitrogen and oxygen atoms in total. The van der Waals surface area contributed by atoms with E-state index in [0.717, 1.165) is 48.7 Å². The van der Waals surface area contributed by atoms with E-state index in [4.69, 9.17) is 9.72 Å². The Labute approximate surface area is 129 Å². The summed E-state index contributed by atoms with van der Waals surface area (Å²) in [6.07, 6.45) is 8.12. The van der Waals surface area contributed by atoms with Gasteiger partial charge in [0.1, 0.15) is 17.2 Å². The van der Waals surface area contributed by atoms with Gasteiger partial charge in [0.25, 0.3) is 0 Å². The van der Waals surface area contributed by atoms with Crippen LogP contribution in [0.2, 0.25) is 0 Å². The fourth-order valence-corrected chi connectivity index (χ4v) is 3.00. The normalized spacial score (nSPS) is 18.6. The highest BCUT2D eigenvalue weighted by molar-refractivity contribution is 5.73. The molecular formula is C17H18N4O. The molecule has 0 saturated carbocycles. The van der Waals surface area contributed by atoms with Crippen LogP contribution in [-0.4, -0.2) is 32.2 Å². The standard InChI is InChI=1S/C17H18N4O/c1-3-9-18-15(8-1)21-16(12-13-6-2-4-11-22-13)20-14-7-5-10-19-17(14)21/h1,3,5,7-10,13H,2,4,6,11-12H2. The molecule has 0 bridgehead atoms. The fraction of sp³-hybridized carbons (Fsp3) is 0.353. The fourth-order valence-electron chi connectivity index (χ4n) is 3.00. The molecule has 0 aliphatic carbocycles. The van der Waals surface area contributed by atoms with E-state index >= 15 is 0 Å². The van der Waals surface area contributed by atoms with E-state index in [2.05, 4.69) is 9.97 Å². The molecular weight excluding hydrogens is 276 g/mol. The van der Waals surface area contributed by atoms with Crippen molar-refractivity contribution in [1.82, 2.24) is 19.5 Å². The molecule has 112 valence electrons. The number of rotatable bonds is 3. The van der Waals surface area contributed by atoms with E-state index in [1.165, 1.54) is 6.42 Å². The van der Waals surface area contributed by atoms with Crippen molar-refractivity contribution in [2.45, 2.75) is 31.8 Å². The Kier molecular flexibility index (Phi) is 3.56. The van der Waals surface area contributed by atoms with Crippen molar-refractivity contribution in [3.05, 3.63) is 48.5 Å². The van der Waals surface area contributed by atoms with Crippen molar-refractivity contribution in [3.63, 3.8) is 0 Å². The summed E-state index contributed by atoms with van der Waals surface area (Å²) in [6, 6.07) is 9.80. The maximum atomic E-state index is 5.87. The third-order valence-corrected chi connectivity index (χ3v) is 4.05. The SMILES string of the molecule is c1ccc(-n2c(CC3CCCCO3)nc3cccnc32)nc1. The summed E-state index contributed by atoms with van der Waals surface area (Å²) in [7, 11) is 0. The molecule has 0 radical (unpaired) electrons. The van der Waals surface area contributed by atoms with Crippen molar-refractivity contribution < 1.29 is 4.74 Å². The predicted molar refractivity (Wildman–Crippen MR) is 84.0 cm³/mol. The molecule has 22 heavy (non-hydrogen) atoms. The van der Waals surface area contributed by atoms with E-state index in [1.54, 1.807) is 12.4 Å². The maximum Gasteiger partial charge on any atom is 0.165 e. The Bertz CT molecular complexity index is 763. The van der Waals surface area contributed by atoms with Gasteiger partial charge in [0, 0.05) is 25.4 Å². The molecule has 1 atom stereocenters. The largest absolute Gasteiger partial charge is 0.378 e. The first kappa shape index (κ1) is 13.4. The van der Waals surface area contributed by atoms with E-state index in [-0.39, 0.29) is 6.10 Å². The minimum Gasteiger partial charge on any atom is -0.378 e. The minimum absolute atomic E-state index is 0.244. The molecule has 4 rings (SSSR count). The van der Waals surface area contributed by atoms with Crippen molar-refractivity contribution in [3.8, 4) is 5.82 Å². The van der Waals surface area contributed by atoms with Gasteiger partial charge in [-0.2, -0.15) is 0 Å². The first-order valence-corrected chi connectivity index (χ1v) is 7.77. The van der Waals surface area contributed by atoms with Gasteiger partial charge in [-0.05, 0) is 43.5 Å². The Morgan fingerprint density at radius 1 is 1.09 bits per heavy atom. The lowest BCUT2D eigenvalue weighted by atomic mass is 10.1. The third-order valence-electron chi connectivity index (χ3n) is 4.05. The van der Waals surface area contributed by atoms with Crippen LogP contribution in [0.5, 0.6) is 0 Å². The van der Waals surface area contributed by atoms with Crippen LogP contribution < -0.4 is 0 Å². The molecule has 1 fully saturated rings. The number of pyridine rings is 2. The molecule has 0 N–H and O–H groups in total. The van der Waals surface area contributed by atoms with Crippen LogP contribution in [0.4, 0.5) is 0 Å². The van der Waals surface area contributed by atoms with Gasteiger partial charge in [-0.15, -0.1) is 0 Å². The van der Waals surface area contributed by atoms with Crippen molar-refractivity contribution in [1.29, 1.82) is 0 Å². The number of hydrogen-bond acceptors (Lipinski definition) is 4. The van der Waals surface area contributed by atoms with Crippen molar-refractivity contribution in [2.75, 3.05) is 6.61 Å². The van der Waals surface area contributed by atoms with Crippen LogP contribution in [0.1, 0.15) is 25.1 Å². The smallest absolute Gasteiger partial charge is 0.165 e. The first-order valence-electron chi connectivity index (χ1n) is 7.77. The minimum atomic E-state index is 0.244. The molecule has 3 aromatic heterocycles. The zero-order chi connectivity index (χ0) is 14.8. The number of hydrogen-bond donors (Lipinski definition) is 0. The Balaban J connectivity index is 1.79. The van der Waals surface area contributed by atoms with Crippen LogP contribution in [0.25, 0.3) is 17.0 Å². The van der Waals surface area contributed by atoms with E-state index in [9.17, 15) is 0 Å². The van der Waals surface area contributed by atoms with E-state index in [1.807, 2.05) is 34.9 Å². The van der Waals surface area contributed by atoms with Gasteiger partial charge in [0.05, 0.1) is 6.10 Å². The second kappa shape index (κ2) is 5.85. The summed E-state index contributed by atoms with van der Waals surface area (Å²) in [4.78, 5) is 13.7. The maximum absolute atomic E-state index is 5.87. The molecule has 4 heterocycles. The zero-order valence-corrected chi connectivity index (χ0v) is 12.4. The lowest BCUT2D eigenvalue weighted by molar-refractivity contribution is 0.0155. The summed E-state index contributed by atoms with van der Waals surface area (Å²) in [5.74, 6) is 1.83. The second-order valence-electron chi connectivity index (χ2n) is 5.59. The molecule has 0 amide bonds. The molecule has 0 aromatic carbocycles. The van der Waals surface area contributed by atoms with Gasteiger partial charge in [-0.25, -0.2) is 15.0 Å². The number of nitrogens with zero attached hydrogens (tertiary/aromatic N) is 4. The molecule has 5 heteroatoms. The molecule has 1 aliphatic heterocycles. The summed E-state index contributed by atoms with van der Waals surface area (Å²) in [5, 5.41) is 0. The van der Waals surface area contributed by atoms with Gasteiger partial charge in [0.2, 0.25) is 0 Å². The van der Waals surface area contributed by atoms with Gasteiger partial charge in [0.15, 0.2) is 5.65 Å². The quantitative estimate of drug-likeness (QED) is 0.745. The summed E-state index contributed by atoms with van der Waals surface area (Å²) in [5.41, 5.74) is 1.76.